The molecule has 1 unspecified atom stereocenters. The van der Waals surface area contributed by atoms with Crippen LogP contribution in [0.1, 0.15) is 43.7 Å². The summed E-state index contributed by atoms with van der Waals surface area (Å²) in [7, 11) is 0. The van der Waals surface area contributed by atoms with Crippen molar-refractivity contribution in [3.63, 3.8) is 0 Å². The van der Waals surface area contributed by atoms with Crippen LogP contribution in [0.15, 0.2) is 46.1 Å². The summed E-state index contributed by atoms with van der Waals surface area (Å²) in [4.78, 5) is 26.7. The van der Waals surface area contributed by atoms with Gasteiger partial charge in [0.25, 0.3) is 5.56 Å². The topological polar surface area (TPSA) is 114 Å². The highest BCUT2D eigenvalue weighted by molar-refractivity contribution is 5.18. The molecule has 8 nitrogen and oxygen atoms in total. The van der Waals surface area contributed by atoms with E-state index in [0.29, 0.717) is 0 Å². The van der Waals surface area contributed by atoms with Gasteiger partial charge in [-0.05, 0) is 11.5 Å². The maximum Gasteiger partial charge on any atom is 0.330 e. The summed E-state index contributed by atoms with van der Waals surface area (Å²) in [5.74, 6) is 0.186. The predicted octanol–water partition coefficient (Wildman–Crippen LogP) is 1.09. The number of rotatable bonds is 7. The molecular formula is C20H26N2O6. The van der Waals surface area contributed by atoms with E-state index in [0.717, 1.165) is 5.56 Å². The lowest BCUT2D eigenvalue weighted by atomic mass is 9.99. The number of H-pyrrole nitrogens is 1. The number of nitrogens with one attached hydrogen (secondary N) is 1. The Morgan fingerprint density at radius 3 is 2.61 bits per heavy atom. The normalized spacial score (nSPS) is 23.2. The molecule has 0 amide bonds. The average Bonchev–Trinajstić information content (AvgIpc) is 3.04. The Labute approximate surface area is 162 Å². The van der Waals surface area contributed by atoms with E-state index in [-0.39, 0.29) is 37.2 Å². The number of hydrogen-bond donors (Lipinski definition) is 3. The highest BCUT2D eigenvalue weighted by Crippen LogP contribution is 2.28. The molecule has 3 N–H and O–H groups in total. The fraction of sp³-hybridized carbons (Fsp3) is 0.500. The third-order valence-corrected chi connectivity index (χ3v) is 4.89. The Morgan fingerprint density at radius 2 is 2.00 bits per heavy atom. The number of aliphatic hydroxyl groups is 2. The predicted molar refractivity (Wildman–Crippen MR) is 102 cm³/mol. The van der Waals surface area contributed by atoms with Crippen LogP contribution in [0.3, 0.4) is 0 Å². The third-order valence-electron chi connectivity index (χ3n) is 4.89. The lowest BCUT2D eigenvalue weighted by Gasteiger charge is -2.22. The molecule has 0 saturated carbocycles. The second-order valence-corrected chi connectivity index (χ2v) is 7.32. The van der Waals surface area contributed by atoms with E-state index in [1.165, 1.54) is 10.8 Å². The van der Waals surface area contributed by atoms with E-state index in [1.807, 2.05) is 44.2 Å². The lowest BCUT2D eigenvalue weighted by molar-refractivity contribution is -0.0463. The number of aliphatic hydroxyl groups excluding tert-OH is 2. The molecule has 2 heterocycles. The van der Waals surface area contributed by atoms with Crippen molar-refractivity contribution in [3.8, 4) is 0 Å². The van der Waals surface area contributed by atoms with E-state index < -0.39 is 29.7 Å². The first-order chi connectivity index (χ1) is 13.4. The van der Waals surface area contributed by atoms with Crippen LogP contribution < -0.4 is 11.2 Å². The Hall–Kier alpha value is -2.26. The summed E-state index contributed by atoms with van der Waals surface area (Å²) in [5, 5.41) is 19.1. The molecule has 0 radical (unpaired) electrons. The highest BCUT2D eigenvalue weighted by Gasteiger charge is 2.35. The molecule has 0 aliphatic carbocycles. The SMILES string of the molecule is CC(C)C(OCc1cn([C@H]2C[C@H](O)[C@@H](CO)O2)c(=O)[nH]c1=O)c1ccccc1. The van der Waals surface area contributed by atoms with E-state index in [1.54, 1.807) is 0 Å². The first-order valence-electron chi connectivity index (χ1n) is 9.36. The molecule has 28 heavy (non-hydrogen) atoms. The number of hydrogen-bond acceptors (Lipinski definition) is 6. The van der Waals surface area contributed by atoms with Crippen LogP contribution in [0, 0.1) is 5.92 Å². The molecule has 3 rings (SSSR count). The van der Waals surface area contributed by atoms with Crippen LogP contribution in [0.2, 0.25) is 0 Å². The second kappa shape index (κ2) is 8.83. The molecule has 0 spiro atoms. The molecule has 0 bridgehead atoms. The van der Waals surface area contributed by atoms with Crippen molar-refractivity contribution in [1.82, 2.24) is 9.55 Å². The number of aromatic nitrogens is 2. The molecule has 1 aliphatic rings. The van der Waals surface area contributed by atoms with Crippen LogP contribution in [0.4, 0.5) is 0 Å². The van der Waals surface area contributed by atoms with Gasteiger partial charge in [-0.3, -0.25) is 14.3 Å². The molecule has 4 atom stereocenters. The average molecular weight is 390 g/mol. The Bertz CT molecular complexity index is 892. The molecule has 2 aromatic rings. The van der Waals surface area contributed by atoms with Gasteiger partial charge in [0.05, 0.1) is 31.0 Å². The van der Waals surface area contributed by atoms with Gasteiger partial charge >= 0.3 is 5.69 Å². The third kappa shape index (κ3) is 4.41. The minimum Gasteiger partial charge on any atom is -0.394 e. The Morgan fingerprint density at radius 1 is 1.29 bits per heavy atom. The van der Waals surface area contributed by atoms with E-state index >= 15 is 0 Å². The van der Waals surface area contributed by atoms with Crippen LogP contribution in [0.25, 0.3) is 0 Å². The summed E-state index contributed by atoms with van der Waals surface area (Å²) in [6.45, 7) is 3.74. The smallest absolute Gasteiger partial charge is 0.330 e. The molecule has 1 saturated heterocycles. The largest absolute Gasteiger partial charge is 0.394 e. The quantitative estimate of drug-likeness (QED) is 0.652. The standard InChI is InChI=1S/C20H26N2O6/c1-12(2)18(13-6-4-3-5-7-13)27-11-14-9-22(20(26)21-19(14)25)17-8-15(24)16(10-23)28-17/h3-7,9,12,15-18,23-24H,8,10-11H2,1-2H3,(H,21,25,26)/t15-,16+,17+,18?/m0/s1. The van der Waals surface area contributed by atoms with Crippen LogP contribution in [-0.4, -0.2) is 38.6 Å². The number of nitrogens with zero attached hydrogens (tertiary/aromatic N) is 1. The van der Waals surface area contributed by atoms with Gasteiger partial charge in [0.2, 0.25) is 0 Å². The lowest BCUT2D eigenvalue weighted by Crippen LogP contribution is -2.34. The maximum atomic E-state index is 12.2. The Kier molecular flexibility index (Phi) is 6.46. The van der Waals surface area contributed by atoms with Gasteiger partial charge < -0.3 is 19.7 Å². The first kappa shape index (κ1) is 20.5. The van der Waals surface area contributed by atoms with Gasteiger partial charge in [-0.25, -0.2) is 4.79 Å². The van der Waals surface area contributed by atoms with E-state index in [2.05, 4.69) is 4.98 Å². The number of benzene rings is 1. The summed E-state index contributed by atoms with van der Waals surface area (Å²) < 4.78 is 12.8. The van der Waals surface area contributed by atoms with Crippen molar-refractivity contribution in [2.45, 2.75) is 51.4 Å². The van der Waals surface area contributed by atoms with Gasteiger partial charge in [-0.15, -0.1) is 0 Å². The molecule has 8 heteroatoms. The Balaban J connectivity index is 1.81. The van der Waals surface area contributed by atoms with Crippen molar-refractivity contribution in [1.29, 1.82) is 0 Å². The van der Waals surface area contributed by atoms with Crippen LogP contribution in [-0.2, 0) is 16.1 Å². The highest BCUT2D eigenvalue weighted by atomic mass is 16.5. The molecule has 1 fully saturated rings. The summed E-state index contributed by atoms with van der Waals surface area (Å²) in [6.07, 6.45) is -1.05. The van der Waals surface area contributed by atoms with Gasteiger partial charge in [-0.1, -0.05) is 44.2 Å². The summed E-state index contributed by atoms with van der Waals surface area (Å²) >= 11 is 0. The first-order valence-corrected chi connectivity index (χ1v) is 9.36. The van der Waals surface area contributed by atoms with Gasteiger partial charge in [0, 0.05) is 12.6 Å². The molecule has 1 aliphatic heterocycles. The molecule has 152 valence electrons. The number of aromatic amines is 1. The molecule has 1 aromatic heterocycles. The fourth-order valence-electron chi connectivity index (χ4n) is 3.39. The van der Waals surface area contributed by atoms with Crippen molar-refractivity contribution >= 4 is 0 Å². The fourth-order valence-corrected chi connectivity index (χ4v) is 3.39. The van der Waals surface area contributed by atoms with Crippen molar-refractivity contribution < 1.29 is 19.7 Å². The summed E-state index contributed by atoms with van der Waals surface area (Å²) in [6, 6.07) is 9.73. The molecule has 1 aromatic carbocycles. The van der Waals surface area contributed by atoms with Gasteiger partial charge in [0.1, 0.15) is 12.3 Å². The molecular weight excluding hydrogens is 364 g/mol. The number of ether oxygens (including phenoxy) is 2. The van der Waals surface area contributed by atoms with Crippen molar-refractivity contribution in [2.24, 2.45) is 5.92 Å². The zero-order valence-corrected chi connectivity index (χ0v) is 15.9. The monoisotopic (exact) mass is 390 g/mol. The zero-order chi connectivity index (χ0) is 20.3. The minimum absolute atomic E-state index is 0.0199. The maximum absolute atomic E-state index is 12.2. The minimum atomic E-state index is -0.878. The van der Waals surface area contributed by atoms with Crippen LogP contribution in [0.5, 0.6) is 0 Å². The zero-order valence-electron chi connectivity index (χ0n) is 15.9. The van der Waals surface area contributed by atoms with Crippen LogP contribution >= 0.6 is 0 Å². The van der Waals surface area contributed by atoms with E-state index in [4.69, 9.17) is 9.47 Å². The van der Waals surface area contributed by atoms with Gasteiger partial charge in [-0.2, -0.15) is 0 Å². The van der Waals surface area contributed by atoms with Crippen molar-refractivity contribution in [2.75, 3.05) is 6.61 Å². The van der Waals surface area contributed by atoms with Crippen molar-refractivity contribution in [3.05, 3.63) is 68.5 Å². The van der Waals surface area contributed by atoms with Gasteiger partial charge in [0.15, 0.2) is 0 Å². The van der Waals surface area contributed by atoms with E-state index in [9.17, 15) is 19.8 Å². The summed E-state index contributed by atoms with van der Waals surface area (Å²) in [5.41, 5.74) is 0.143. The second-order valence-electron chi connectivity index (χ2n) is 7.32.